The largest absolute Gasteiger partial charge is 0.490 e. The number of rotatable bonds is 9. The topological polar surface area (TPSA) is 9.23 Å². The first-order chi connectivity index (χ1) is 17.4. The van der Waals surface area contributed by atoms with Crippen molar-refractivity contribution in [2.24, 2.45) is 0 Å². The molecule has 0 aliphatic rings. The van der Waals surface area contributed by atoms with Crippen LogP contribution in [-0.2, 0) is 12.8 Å². The van der Waals surface area contributed by atoms with Gasteiger partial charge < -0.3 is 4.74 Å². The molecular formula is C31H28F4O. The van der Waals surface area contributed by atoms with Gasteiger partial charge in [-0.3, -0.25) is 0 Å². The molecule has 0 atom stereocenters. The van der Waals surface area contributed by atoms with Crippen LogP contribution in [0.4, 0.5) is 17.6 Å². The summed E-state index contributed by atoms with van der Waals surface area (Å²) in [6.07, 6.45) is 2.44. The van der Waals surface area contributed by atoms with Crippen LogP contribution in [-0.4, -0.2) is 6.61 Å². The van der Waals surface area contributed by atoms with Gasteiger partial charge in [-0.2, -0.15) is 4.39 Å². The molecule has 1 nitrogen and oxygen atoms in total. The lowest BCUT2D eigenvalue weighted by Gasteiger charge is -2.11. The third kappa shape index (κ3) is 5.62. The highest BCUT2D eigenvalue weighted by Crippen LogP contribution is 2.32. The monoisotopic (exact) mass is 492 g/mol. The van der Waals surface area contributed by atoms with Gasteiger partial charge in [-0.05, 0) is 54.5 Å². The molecule has 0 heterocycles. The molecule has 4 rings (SSSR count). The molecule has 0 saturated heterocycles. The Balaban J connectivity index is 1.46. The summed E-state index contributed by atoms with van der Waals surface area (Å²) in [6.45, 7) is 4.27. The number of benzene rings is 4. The van der Waals surface area contributed by atoms with Crippen molar-refractivity contribution in [2.45, 2.75) is 39.5 Å². The Morgan fingerprint density at radius 1 is 0.611 bits per heavy atom. The van der Waals surface area contributed by atoms with E-state index in [9.17, 15) is 17.6 Å². The zero-order chi connectivity index (χ0) is 25.7. The second-order valence-electron chi connectivity index (χ2n) is 8.90. The Hall–Kier alpha value is -3.60. The van der Waals surface area contributed by atoms with Crippen LogP contribution in [0.5, 0.6) is 5.75 Å². The summed E-state index contributed by atoms with van der Waals surface area (Å²) in [7, 11) is 0. The highest BCUT2D eigenvalue weighted by Gasteiger charge is 2.17. The Labute approximate surface area is 209 Å². The smallest absolute Gasteiger partial charge is 0.200 e. The zero-order valence-electron chi connectivity index (χ0n) is 20.4. The molecule has 0 amide bonds. The number of hydrogen-bond acceptors (Lipinski definition) is 1. The molecule has 4 aromatic carbocycles. The number of aryl methyl sites for hydroxylation is 3. The highest BCUT2D eigenvalue weighted by molar-refractivity contribution is 5.72. The van der Waals surface area contributed by atoms with E-state index in [1.165, 1.54) is 6.07 Å². The molecule has 0 N–H and O–H groups in total. The van der Waals surface area contributed by atoms with Crippen molar-refractivity contribution in [3.63, 3.8) is 0 Å². The Morgan fingerprint density at radius 3 is 1.78 bits per heavy atom. The van der Waals surface area contributed by atoms with Gasteiger partial charge in [0.15, 0.2) is 23.2 Å². The van der Waals surface area contributed by atoms with Gasteiger partial charge in [0.05, 0.1) is 6.61 Å². The van der Waals surface area contributed by atoms with E-state index in [-0.39, 0.29) is 22.4 Å². The van der Waals surface area contributed by atoms with Crippen LogP contribution < -0.4 is 4.74 Å². The maximum absolute atomic E-state index is 14.9. The van der Waals surface area contributed by atoms with Gasteiger partial charge in [-0.1, -0.05) is 85.6 Å². The van der Waals surface area contributed by atoms with Gasteiger partial charge >= 0.3 is 0 Å². The van der Waals surface area contributed by atoms with E-state index in [1.54, 1.807) is 54.6 Å². The standard InChI is InChI=1S/C31H28F4O/c1-3-4-19-36-27-18-15-24(28(32)31(27)35)14-9-21-7-12-23(13-8-21)26-17-16-25(29(33)30(26)34)22-10-5-20(2)6-11-22/h5-8,10-13,15-18H,3-4,9,14,19H2,1-2H3. The molecule has 5 heteroatoms. The molecule has 0 aliphatic carbocycles. The molecule has 0 aromatic heterocycles. The Morgan fingerprint density at radius 2 is 1.19 bits per heavy atom. The summed E-state index contributed by atoms with van der Waals surface area (Å²) in [5.74, 6) is -3.73. The molecule has 0 spiro atoms. The van der Waals surface area contributed by atoms with Gasteiger partial charge in [0.1, 0.15) is 0 Å². The van der Waals surface area contributed by atoms with Crippen LogP contribution in [0, 0.1) is 30.2 Å². The average molecular weight is 493 g/mol. The molecule has 4 aromatic rings. The molecule has 0 saturated carbocycles. The fraction of sp³-hybridized carbons (Fsp3) is 0.226. The molecular weight excluding hydrogens is 464 g/mol. The predicted molar refractivity (Wildman–Crippen MR) is 136 cm³/mol. The minimum atomic E-state index is -0.967. The number of unbranched alkanes of at least 4 members (excludes halogenated alkanes) is 1. The maximum Gasteiger partial charge on any atom is 0.200 e. The number of ether oxygens (including phenoxy) is 1. The minimum Gasteiger partial charge on any atom is -0.490 e. The van der Waals surface area contributed by atoms with Crippen molar-refractivity contribution in [1.29, 1.82) is 0 Å². The van der Waals surface area contributed by atoms with Crippen LogP contribution in [0.25, 0.3) is 22.3 Å². The number of hydrogen-bond donors (Lipinski definition) is 0. The zero-order valence-corrected chi connectivity index (χ0v) is 20.4. The fourth-order valence-electron chi connectivity index (χ4n) is 4.06. The average Bonchev–Trinajstić information content (AvgIpc) is 2.89. The Bertz CT molecular complexity index is 1330. The lowest BCUT2D eigenvalue weighted by Crippen LogP contribution is -2.03. The first-order valence-corrected chi connectivity index (χ1v) is 12.1. The van der Waals surface area contributed by atoms with Crippen molar-refractivity contribution < 1.29 is 22.3 Å². The second kappa shape index (κ2) is 11.4. The molecule has 186 valence electrons. The van der Waals surface area contributed by atoms with Crippen LogP contribution in [0.15, 0.2) is 72.8 Å². The van der Waals surface area contributed by atoms with Crippen LogP contribution in [0.1, 0.15) is 36.5 Å². The van der Waals surface area contributed by atoms with Gasteiger partial charge in [0.2, 0.25) is 5.82 Å². The van der Waals surface area contributed by atoms with Crippen LogP contribution >= 0.6 is 0 Å². The first kappa shape index (κ1) is 25.5. The molecule has 0 aliphatic heterocycles. The molecule has 0 unspecified atom stereocenters. The SMILES string of the molecule is CCCCOc1ccc(CCc2ccc(-c3ccc(-c4ccc(C)cc4)c(F)c3F)cc2)c(F)c1F. The van der Waals surface area contributed by atoms with E-state index >= 15 is 0 Å². The van der Waals surface area contributed by atoms with Crippen molar-refractivity contribution in [3.8, 4) is 28.0 Å². The van der Waals surface area contributed by atoms with Crippen LogP contribution in [0.2, 0.25) is 0 Å². The van der Waals surface area contributed by atoms with Crippen molar-refractivity contribution >= 4 is 0 Å². The summed E-state index contributed by atoms with van der Waals surface area (Å²) >= 11 is 0. The van der Waals surface area contributed by atoms with E-state index in [0.29, 0.717) is 30.6 Å². The third-order valence-electron chi connectivity index (χ3n) is 6.28. The summed E-state index contributed by atoms with van der Waals surface area (Å²) in [5.41, 5.74) is 3.71. The molecule has 0 bridgehead atoms. The normalized spacial score (nSPS) is 11.1. The molecule has 36 heavy (non-hydrogen) atoms. The van der Waals surface area contributed by atoms with E-state index in [4.69, 9.17) is 4.74 Å². The number of halogens is 4. The lowest BCUT2D eigenvalue weighted by molar-refractivity contribution is 0.288. The minimum absolute atomic E-state index is 0.0725. The van der Waals surface area contributed by atoms with Crippen molar-refractivity contribution in [3.05, 3.63) is 113 Å². The first-order valence-electron chi connectivity index (χ1n) is 12.1. The van der Waals surface area contributed by atoms with E-state index in [2.05, 4.69) is 0 Å². The van der Waals surface area contributed by atoms with Crippen molar-refractivity contribution in [1.82, 2.24) is 0 Å². The van der Waals surface area contributed by atoms with Gasteiger partial charge in [-0.25, -0.2) is 13.2 Å². The summed E-state index contributed by atoms with van der Waals surface area (Å²) in [6, 6.07) is 20.4. The Kier molecular flexibility index (Phi) is 8.09. The van der Waals surface area contributed by atoms with Gasteiger partial charge in [-0.15, -0.1) is 0 Å². The predicted octanol–water partition coefficient (Wildman–Crippen LogP) is 8.85. The van der Waals surface area contributed by atoms with E-state index in [1.807, 2.05) is 26.0 Å². The summed E-state index contributed by atoms with van der Waals surface area (Å²) < 4.78 is 63.9. The van der Waals surface area contributed by atoms with Crippen molar-refractivity contribution in [2.75, 3.05) is 6.61 Å². The summed E-state index contributed by atoms with van der Waals surface area (Å²) in [5, 5.41) is 0. The highest BCUT2D eigenvalue weighted by atomic mass is 19.2. The van der Waals surface area contributed by atoms with E-state index in [0.717, 1.165) is 24.0 Å². The quantitative estimate of drug-likeness (QED) is 0.167. The molecule has 0 fully saturated rings. The maximum atomic E-state index is 14.9. The fourth-order valence-corrected chi connectivity index (χ4v) is 4.06. The second-order valence-corrected chi connectivity index (χ2v) is 8.90. The lowest BCUT2D eigenvalue weighted by atomic mass is 9.96. The van der Waals surface area contributed by atoms with Crippen LogP contribution in [0.3, 0.4) is 0 Å². The van der Waals surface area contributed by atoms with Gasteiger partial charge in [0.25, 0.3) is 0 Å². The van der Waals surface area contributed by atoms with Gasteiger partial charge in [0, 0.05) is 11.1 Å². The summed E-state index contributed by atoms with van der Waals surface area (Å²) in [4.78, 5) is 0. The van der Waals surface area contributed by atoms with E-state index < -0.39 is 23.3 Å². The molecule has 0 radical (unpaired) electrons. The third-order valence-corrected chi connectivity index (χ3v) is 6.28.